The van der Waals surface area contributed by atoms with E-state index in [1.165, 1.54) is 6.07 Å². The minimum Gasteiger partial charge on any atom is -0.490 e. The standard InChI is InChI=1S/C20H20FN5O4S/c1-2-29-19(28)30-18-16(27)24-17(31-18)13-6-7-14(26-25-13)23-11-20(8-4-9-20)15-12(21)5-3-10-22-15/h3,5-7,10,27H,2,4,8-9,11H2,1H3,(H,23,26). The SMILES string of the molecule is CCOC(=O)Oc1sc(-c2ccc(NCC3(c4ncccc4F)CCC3)nn2)nc1O. The molecule has 2 N–H and O–H groups in total. The molecule has 0 aromatic carbocycles. The van der Waals surface area contributed by atoms with Crippen molar-refractivity contribution in [2.75, 3.05) is 18.5 Å². The Morgan fingerprint density at radius 3 is 2.81 bits per heavy atom. The Morgan fingerprint density at radius 2 is 2.16 bits per heavy atom. The van der Waals surface area contributed by atoms with Crippen molar-refractivity contribution in [3.05, 3.63) is 42.0 Å². The quantitative estimate of drug-likeness (QED) is 0.522. The second kappa shape index (κ2) is 8.80. The fraction of sp³-hybridized carbons (Fsp3) is 0.350. The van der Waals surface area contributed by atoms with Gasteiger partial charge in [-0.05, 0) is 44.0 Å². The molecular formula is C20H20FN5O4S. The summed E-state index contributed by atoms with van der Waals surface area (Å²) in [5, 5.41) is 21.6. The van der Waals surface area contributed by atoms with E-state index < -0.39 is 12.0 Å². The highest BCUT2D eigenvalue weighted by Gasteiger charge is 2.41. The van der Waals surface area contributed by atoms with Crippen LogP contribution in [0, 0.1) is 5.82 Å². The third-order valence-electron chi connectivity index (χ3n) is 5.08. The van der Waals surface area contributed by atoms with Crippen LogP contribution in [0.3, 0.4) is 0 Å². The molecule has 0 saturated heterocycles. The minimum atomic E-state index is -0.923. The Labute approximate surface area is 181 Å². The van der Waals surface area contributed by atoms with Crippen molar-refractivity contribution in [3.63, 3.8) is 0 Å². The normalized spacial score (nSPS) is 14.5. The van der Waals surface area contributed by atoms with E-state index in [4.69, 9.17) is 4.74 Å². The van der Waals surface area contributed by atoms with Crippen molar-refractivity contribution in [3.8, 4) is 21.6 Å². The van der Waals surface area contributed by atoms with E-state index in [0.717, 1.165) is 30.6 Å². The molecule has 0 amide bonds. The third kappa shape index (κ3) is 4.41. The molecule has 0 radical (unpaired) electrons. The number of ether oxygens (including phenoxy) is 2. The van der Waals surface area contributed by atoms with Crippen LogP contribution in [0.15, 0.2) is 30.5 Å². The van der Waals surface area contributed by atoms with Crippen molar-refractivity contribution < 1.29 is 23.8 Å². The number of anilines is 1. The maximum Gasteiger partial charge on any atom is 0.514 e. The molecule has 162 valence electrons. The van der Waals surface area contributed by atoms with Crippen molar-refractivity contribution >= 4 is 23.3 Å². The molecule has 1 aliphatic carbocycles. The van der Waals surface area contributed by atoms with Gasteiger partial charge in [0, 0.05) is 18.2 Å². The van der Waals surface area contributed by atoms with Gasteiger partial charge in [0.05, 0.1) is 12.3 Å². The summed E-state index contributed by atoms with van der Waals surface area (Å²) in [4.78, 5) is 19.6. The lowest BCUT2D eigenvalue weighted by atomic mass is 9.66. The van der Waals surface area contributed by atoms with Gasteiger partial charge in [-0.15, -0.1) is 10.2 Å². The van der Waals surface area contributed by atoms with Crippen molar-refractivity contribution in [1.29, 1.82) is 0 Å². The number of nitrogens with zero attached hydrogens (tertiary/aromatic N) is 4. The average molecular weight is 445 g/mol. The predicted octanol–water partition coefficient (Wildman–Crippen LogP) is 3.91. The highest BCUT2D eigenvalue weighted by Crippen LogP contribution is 2.44. The zero-order valence-corrected chi connectivity index (χ0v) is 17.5. The highest BCUT2D eigenvalue weighted by atomic mass is 32.1. The van der Waals surface area contributed by atoms with Crippen molar-refractivity contribution in [2.24, 2.45) is 0 Å². The second-order valence-corrected chi connectivity index (χ2v) is 8.00. The fourth-order valence-corrected chi connectivity index (χ4v) is 4.14. The number of rotatable bonds is 7. The van der Waals surface area contributed by atoms with Crippen LogP contribution in [0.1, 0.15) is 31.9 Å². The van der Waals surface area contributed by atoms with E-state index in [2.05, 4.69) is 30.2 Å². The van der Waals surface area contributed by atoms with E-state index in [9.17, 15) is 14.3 Å². The van der Waals surface area contributed by atoms with Crippen LogP contribution in [-0.2, 0) is 10.2 Å². The van der Waals surface area contributed by atoms with Gasteiger partial charge in [0.25, 0.3) is 10.9 Å². The summed E-state index contributed by atoms with van der Waals surface area (Å²) in [5.41, 5.74) is 0.524. The molecule has 3 aromatic heterocycles. The van der Waals surface area contributed by atoms with Gasteiger partial charge in [0.15, 0.2) is 5.01 Å². The number of carbonyl (C=O) groups is 1. The molecule has 3 heterocycles. The van der Waals surface area contributed by atoms with Gasteiger partial charge in [-0.2, -0.15) is 4.98 Å². The van der Waals surface area contributed by atoms with Gasteiger partial charge in [-0.25, -0.2) is 9.18 Å². The highest BCUT2D eigenvalue weighted by molar-refractivity contribution is 7.17. The van der Waals surface area contributed by atoms with Crippen molar-refractivity contribution in [1.82, 2.24) is 20.2 Å². The molecule has 31 heavy (non-hydrogen) atoms. The number of hydrogen-bond donors (Lipinski definition) is 2. The molecule has 1 fully saturated rings. The van der Waals surface area contributed by atoms with Gasteiger partial charge in [-0.3, -0.25) is 4.98 Å². The van der Waals surface area contributed by atoms with E-state index in [1.54, 1.807) is 31.3 Å². The summed E-state index contributed by atoms with van der Waals surface area (Å²) in [6.07, 6.45) is 3.40. The molecule has 0 spiro atoms. The van der Waals surface area contributed by atoms with Gasteiger partial charge >= 0.3 is 6.16 Å². The number of carbonyl (C=O) groups excluding carboxylic acids is 1. The zero-order valence-electron chi connectivity index (χ0n) is 16.7. The lowest BCUT2D eigenvalue weighted by molar-refractivity contribution is 0.104. The third-order valence-corrected chi connectivity index (χ3v) is 6.03. The lowest BCUT2D eigenvalue weighted by Crippen LogP contribution is -2.42. The Balaban J connectivity index is 1.43. The number of nitrogens with one attached hydrogen (secondary N) is 1. The second-order valence-electron chi connectivity index (χ2n) is 7.04. The maximum absolute atomic E-state index is 14.2. The fourth-order valence-electron chi connectivity index (χ4n) is 3.37. The van der Waals surface area contributed by atoms with E-state index in [1.807, 2.05) is 0 Å². The summed E-state index contributed by atoms with van der Waals surface area (Å²) >= 11 is 0.945. The molecule has 0 unspecified atom stereocenters. The predicted molar refractivity (Wildman–Crippen MR) is 111 cm³/mol. The summed E-state index contributed by atoms with van der Waals surface area (Å²) in [7, 11) is 0. The molecule has 1 aliphatic rings. The first-order chi connectivity index (χ1) is 15.0. The number of hydrogen-bond acceptors (Lipinski definition) is 10. The van der Waals surface area contributed by atoms with E-state index in [-0.39, 0.29) is 22.9 Å². The molecule has 4 rings (SSSR count). The first-order valence-electron chi connectivity index (χ1n) is 9.74. The summed E-state index contributed by atoms with van der Waals surface area (Å²) < 4.78 is 23.8. The Hall–Kier alpha value is -3.34. The number of pyridine rings is 1. The first kappa shape index (κ1) is 20.9. The molecular weight excluding hydrogens is 425 g/mol. The van der Waals surface area contributed by atoms with Crippen LogP contribution >= 0.6 is 11.3 Å². The van der Waals surface area contributed by atoms with Crippen LogP contribution in [0.4, 0.5) is 15.0 Å². The maximum atomic E-state index is 14.2. The summed E-state index contributed by atoms with van der Waals surface area (Å²) in [6, 6.07) is 6.41. The Morgan fingerprint density at radius 1 is 1.32 bits per heavy atom. The van der Waals surface area contributed by atoms with Crippen LogP contribution in [-0.4, -0.2) is 44.6 Å². The average Bonchev–Trinajstić information content (AvgIpc) is 3.09. The van der Waals surface area contributed by atoms with Crippen LogP contribution in [0.25, 0.3) is 10.7 Å². The minimum absolute atomic E-state index is 0.0817. The molecule has 9 nitrogen and oxygen atoms in total. The summed E-state index contributed by atoms with van der Waals surface area (Å²) in [6.45, 7) is 2.29. The number of aromatic nitrogens is 4. The topological polar surface area (TPSA) is 119 Å². The summed E-state index contributed by atoms with van der Waals surface area (Å²) in [5.74, 6) is -0.202. The smallest absolute Gasteiger partial charge is 0.490 e. The Bertz CT molecular complexity index is 1070. The van der Waals surface area contributed by atoms with Crippen LogP contribution < -0.4 is 10.1 Å². The number of aromatic hydroxyl groups is 1. The van der Waals surface area contributed by atoms with Gasteiger partial charge in [0.2, 0.25) is 0 Å². The molecule has 0 aliphatic heterocycles. The monoisotopic (exact) mass is 445 g/mol. The molecule has 0 atom stereocenters. The van der Waals surface area contributed by atoms with Gasteiger partial charge in [0.1, 0.15) is 17.3 Å². The lowest BCUT2D eigenvalue weighted by Gasteiger charge is -2.41. The van der Waals surface area contributed by atoms with Gasteiger partial charge < -0.3 is 19.9 Å². The number of thiazole rings is 1. The number of halogens is 1. The van der Waals surface area contributed by atoms with Gasteiger partial charge in [-0.1, -0.05) is 17.8 Å². The first-order valence-corrected chi connectivity index (χ1v) is 10.6. The molecule has 1 saturated carbocycles. The van der Waals surface area contributed by atoms with E-state index in [0.29, 0.717) is 28.8 Å². The largest absolute Gasteiger partial charge is 0.514 e. The Kier molecular flexibility index (Phi) is 5.94. The molecule has 11 heteroatoms. The van der Waals surface area contributed by atoms with Crippen LogP contribution in [0.2, 0.25) is 0 Å². The zero-order chi connectivity index (χ0) is 21.8. The van der Waals surface area contributed by atoms with Crippen LogP contribution in [0.5, 0.6) is 10.9 Å². The van der Waals surface area contributed by atoms with Crippen molar-refractivity contribution in [2.45, 2.75) is 31.6 Å². The molecule has 0 bridgehead atoms. The van der Waals surface area contributed by atoms with E-state index >= 15 is 0 Å². The molecule has 3 aromatic rings.